The smallest absolute Gasteiger partial charge is 0.256 e. The zero-order valence-corrected chi connectivity index (χ0v) is 33.2. The van der Waals surface area contributed by atoms with Gasteiger partial charge in [-0.1, -0.05) is 105 Å². The second kappa shape index (κ2) is 11.2. The second-order valence-corrected chi connectivity index (χ2v) is 18.7. The highest BCUT2D eigenvalue weighted by Gasteiger charge is 2.42. The molecule has 264 valence electrons. The number of benzene rings is 5. The van der Waals surface area contributed by atoms with Crippen LogP contribution in [0.25, 0.3) is 49.9 Å². The van der Waals surface area contributed by atoms with Crippen molar-refractivity contribution in [3.8, 4) is 39.6 Å². The van der Waals surface area contributed by atoms with E-state index in [4.69, 9.17) is 4.74 Å². The van der Waals surface area contributed by atoms with E-state index < -0.39 is 0 Å². The highest BCUT2D eigenvalue weighted by atomic mass is 16.5. The average molecular weight is 694 g/mol. The fraction of sp³-hybridized carbons (Fsp3) is 0.286. The third-order valence-electron chi connectivity index (χ3n) is 11.9. The van der Waals surface area contributed by atoms with Gasteiger partial charge in [0.2, 0.25) is 5.69 Å². The summed E-state index contributed by atoms with van der Waals surface area (Å²) in [5, 5.41) is 2.65. The summed E-state index contributed by atoms with van der Waals surface area (Å²) in [4.78, 5) is 0. The van der Waals surface area contributed by atoms with Crippen LogP contribution in [0.4, 0.5) is 0 Å². The SMILES string of the molecule is Cc1ccccc1-c1cc(-c2cc3c4c(c2)-n2c5ccc(C(C)(C)C)cc5c5cc(C(C)(C)C)cc(c52)B4c2cc(C(C)(C)C)ccc2O3)cc[n+]1C. The first kappa shape index (κ1) is 33.7. The lowest BCUT2D eigenvalue weighted by Crippen LogP contribution is -2.58. The standard InChI is InChI=1S/C49H50BN2O/c1-29-14-12-13-15-35(29)41-22-30(20-21-51(41)11)31-23-42-45-44(24-31)53-43-19-17-33(48(5,6)7)27-38(43)50(45)39-28-34(49(8,9)10)26-37-36-25-32(47(2,3)4)16-18-40(36)52(42)46(37)39/h12-28H,1-11H3/q+1. The van der Waals surface area contributed by atoms with E-state index in [-0.39, 0.29) is 23.0 Å². The molecule has 2 aromatic heterocycles. The van der Waals surface area contributed by atoms with Crippen molar-refractivity contribution in [1.29, 1.82) is 0 Å². The molecule has 7 aromatic rings. The maximum Gasteiger partial charge on any atom is 0.256 e. The number of aryl methyl sites for hydroxylation is 2. The molecule has 9 rings (SSSR count). The van der Waals surface area contributed by atoms with Crippen LogP contribution >= 0.6 is 0 Å². The zero-order valence-electron chi connectivity index (χ0n) is 33.2. The van der Waals surface area contributed by atoms with E-state index in [0.717, 1.165) is 17.1 Å². The third kappa shape index (κ3) is 5.20. The van der Waals surface area contributed by atoms with Crippen molar-refractivity contribution in [2.75, 3.05) is 0 Å². The van der Waals surface area contributed by atoms with Crippen LogP contribution in [0.15, 0.2) is 103 Å². The minimum absolute atomic E-state index is 0.00968. The lowest BCUT2D eigenvalue weighted by atomic mass is 9.34. The van der Waals surface area contributed by atoms with Gasteiger partial charge in [0.1, 0.15) is 18.5 Å². The van der Waals surface area contributed by atoms with Crippen LogP contribution < -0.4 is 25.7 Å². The van der Waals surface area contributed by atoms with Crippen LogP contribution in [0.2, 0.25) is 0 Å². The molecule has 0 aliphatic carbocycles. The molecule has 0 radical (unpaired) electrons. The van der Waals surface area contributed by atoms with E-state index in [1.165, 1.54) is 83.0 Å². The minimum atomic E-state index is -0.0206. The Bertz CT molecular complexity index is 2670. The molecule has 0 saturated heterocycles. The van der Waals surface area contributed by atoms with Crippen molar-refractivity contribution < 1.29 is 9.30 Å². The fourth-order valence-electron chi connectivity index (χ4n) is 8.69. The lowest BCUT2D eigenvalue weighted by Gasteiger charge is -2.35. The summed E-state index contributed by atoms with van der Waals surface area (Å²) in [5.74, 6) is 1.89. The summed E-state index contributed by atoms with van der Waals surface area (Å²) in [6, 6.07) is 37.0. The van der Waals surface area contributed by atoms with E-state index in [9.17, 15) is 0 Å². The summed E-state index contributed by atoms with van der Waals surface area (Å²) >= 11 is 0. The molecule has 53 heavy (non-hydrogen) atoms. The van der Waals surface area contributed by atoms with Crippen LogP contribution in [0, 0.1) is 6.92 Å². The average Bonchev–Trinajstić information content (AvgIpc) is 3.43. The van der Waals surface area contributed by atoms with Gasteiger partial charge >= 0.3 is 0 Å². The van der Waals surface area contributed by atoms with Gasteiger partial charge in [0, 0.05) is 39.7 Å². The molecular weight excluding hydrogens is 643 g/mol. The Labute approximate surface area is 315 Å². The van der Waals surface area contributed by atoms with E-state index >= 15 is 0 Å². The van der Waals surface area contributed by atoms with Gasteiger partial charge in [-0.3, -0.25) is 0 Å². The summed E-state index contributed by atoms with van der Waals surface area (Å²) in [6.45, 7) is 23.1. The van der Waals surface area contributed by atoms with Gasteiger partial charge in [-0.25, -0.2) is 4.57 Å². The first-order valence-corrected chi connectivity index (χ1v) is 19.2. The summed E-state index contributed by atoms with van der Waals surface area (Å²) < 4.78 is 11.8. The van der Waals surface area contributed by atoms with E-state index in [2.05, 4.69) is 189 Å². The molecule has 2 aliphatic rings. The number of hydrogen-bond acceptors (Lipinski definition) is 1. The van der Waals surface area contributed by atoms with Crippen LogP contribution in [-0.2, 0) is 23.3 Å². The van der Waals surface area contributed by atoms with Crippen molar-refractivity contribution in [1.82, 2.24) is 4.57 Å². The first-order chi connectivity index (χ1) is 25.0. The van der Waals surface area contributed by atoms with Crippen LogP contribution in [-0.4, -0.2) is 11.3 Å². The molecule has 0 atom stereocenters. The molecule has 2 aliphatic heterocycles. The molecule has 0 N–H and O–H groups in total. The Morgan fingerprint density at radius 1 is 0.604 bits per heavy atom. The molecule has 3 nitrogen and oxygen atoms in total. The highest BCUT2D eigenvalue weighted by Crippen LogP contribution is 2.42. The quantitative estimate of drug-likeness (QED) is 0.130. The summed E-state index contributed by atoms with van der Waals surface area (Å²) in [7, 11) is 2.13. The van der Waals surface area contributed by atoms with Gasteiger partial charge in [-0.15, -0.1) is 0 Å². The van der Waals surface area contributed by atoms with Gasteiger partial charge in [-0.2, -0.15) is 0 Å². The lowest BCUT2D eigenvalue weighted by molar-refractivity contribution is -0.660. The Morgan fingerprint density at radius 3 is 1.98 bits per heavy atom. The van der Waals surface area contributed by atoms with E-state index in [0.29, 0.717) is 0 Å². The topological polar surface area (TPSA) is 18.0 Å². The normalized spacial score (nSPS) is 13.7. The van der Waals surface area contributed by atoms with Gasteiger partial charge in [0.15, 0.2) is 6.20 Å². The minimum Gasteiger partial charge on any atom is -0.458 e. The number of rotatable bonds is 2. The number of aromatic nitrogens is 2. The molecule has 4 heterocycles. The zero-order chi connectivity index (χ0) is 37.4. The molecule has 4 heteroatoms. The Morgan fingerprint density at radius 2 is 1.26 bits per heavy atom. The molecule has 0 spiro atoms. The largest absolute Gasteiger partial charge is 0.458 e. The Hall–Kier alpha value is -5.09. The summed E-state index contributed by atoms with van der Waals surface area (Å²) in [5.41, 5.74) is 17.7. The van der Waals surface area contributed by atoms with Crippen molar-refractivity contribution in [2.24, 2.45) is 7.05 Å². The number of ether oxygens (including phenoxy) is 1. The van der Waals surface area contributed by atoms with Crippen LogP contribution in [0.3, 0.4) is 0 Å². The molecule has 0 bridgehead atoms. The number of fused-ring (bicyclic) bond motifs is 7. The highest BCUT2D eigenvalue weighted by molar-refractivity contribution is 6.99. The van der Waals surface area contributed by atoms with E-state index in [1.54, 1.807) is 0 Å². The predicted octanol–water partition coefficient (Wildman–Crippen LogP) is 10.1. The van der Waals surface area contributed by atoms with Gasteiger partial charge in [0.25, 0.3) is 6.71 Å². The van der Waals surface area contributed by atoms with Crippen molar-refractivity contribution >= 4 is 44.9 Å². The fourth-order valence-corrected chi connectivity index (χ4v) is 8.69. The molecule has 0 amide bonds. The summed E-state index contributed by atoms with van der Waals surface area (Å²) in [6.07, 6.45) is 2.19. The number of nitrogens with zero attached hydrogens (tertiary/aromatic N) is 2. The third-order valence-corrected chi connectivity index (χ3v) is 11.9. The number of hydrogen-bond donors (Lipinski definition) is 0. The van der Waals surface area contributed by atoms with Crippen molar-refractivity contribution in [3.63, 3.8) is 0 Å². The Balaban J connectivity index is 1.40. The maximum atomic E-state index is 7.05. The van der Waals surface area contributed by atoms with Crippen molar-refractivity contribution in [2.45, 2.75) is 85.5 Å². The molecule has 0 saturated carbocycles. The first-order valence-electron chi connectivity index (χ1n) is 19.2. The van der Waals surface area contributed by atoms with E-state index in [1.807, 2.05) is 0 Å². The van der Waals surface area contributed by atoms with Crippen molar-refractivity contribution in [3.05, 3.63) is 126 Å². The van der Waals surface area contributed by atoms with Crippen LogP contribution in [0.5, 0.6) is 11.5 Å². The van der Waals surface area contributed by atoms with Gasteiger partial charge < -0.3 is 9.30 Å². The number of pyridine rings is 1. The second-order valence-electron chi connectivity index (χ2n) is 18.7. The molecular formula is C49H50BN2O+. The maximum absolute atomic E-state index is 7.05. The van der Waals surface area contributed by atoms with Gasteiger partial charge in [-0.05, 0) is 115 Å². The predicted molar refractivity (Wildman–Crippen MR) is 225 cm³/mol. The molecule has 0 fully saturated rings. The molecule has 0 unspecified atom stereocenters. The molecule has 5 aromatic carbocycles. The monoisotopic (exact) mass is 693 g/mol. The van der Waals surface area contributed by atoms with Crippen LogP contribution in [0.1, 0.15) is 84.6 Å². The van der Waals surface area contributed by atoms with Gasteiger partial charge in [0.05, 0.1) is 5.52 Å². The Kier molecular flexibility index (Phi) is 7.14.